The summed E-state index contributed by atoms with van der Waals surface area (Å²) in [6.45, 7) is 23.2. The van der Waals surface area contributed by atoms with Crippen molar-refractivity contribution in [3.63, 3.8) is 0 Å². The van der Waals surface area contributed by atoms with Crippen LogP contribution in [0.2, 0.25) is 20.1 Å². The van der Waals surface area contributed by atoms with Crippen LogP contribution in [0.25, 0.3) is 132 Å². The molecule has 4 fully saturated rings. The molecule has 16 aromatic rings. The van der Waals surface area contributed by atoms with Gasteiger partial charge in [0.25, 0.3) is 0 Å². The van der Waals surface area contributed by atoms with E-state index in [1.165, 1.54) is 58.8 Å². The van der Waals surface area contributed by atoms with E-state index >= 15 is 17.6 Å². The number of carbonyl (C=O) groups excluding carboxylic acids is 4. The number of H-pyrrole nitrogens is 1. The highest BCUT2D eigenvalue weighted by molar-refractivity contribution is 6.37. The molecular weight excluding hydrogens is 2000 g/mol. The fourth-order valence-electron chi connectivity index (χ4n) is 19.3. The van der Waals surface area contributed by atoms with Gasteiger partial charge in [0.1, 0.15) is 56.9 Å². The van der Waals surface area contributed by atoms with Crippen molar-refractivity contribution in [2.45, 2.75) is 57.7 Å². The largest absolute Gasteiger partial charge is 0.508 e. The predicted molar refractivity (Wildman–Crippen MR) is 567 cm³/mol. The van der Waals surface area contributed by atoms with Crippen molar-refractivity contribution < 1.29 is 60.8 Å². The molecule has 9 aromatic carbocycles. The number of pyridine rings is 2. The van der Waals surface area contributed by atoms with Gasteiger partial charge in [-0.05, 0) is 125 Å². The zero-order chi connectivity index (χ0) is 106. The lowest BCUT2D eigenvalue weighted by molar-refractivity contribution is -0.129. The van der Waals surface area contributed by atoms with Gasteiger partial charge in [0.05, 0.1) is 138 Å². The minimum atomic E-state index is -0.688. The minimum Gasteiger partial charge on any atom is -0.508 e. The summed E-state index contributed by atoms with van der Waals surface area (Å²) in [6, 6.07) is 44.7. The molecule has 149 heavy (non-hydrogen) atoms. The van der Waals surface area contributed by atoms with Gasteiger partial charge in [-0.15, -0.1) is 0 Å². The zero-order valence-corrected chi connectivity index (χ0v) is 84.3. The first kappa shape index (κ1) is 103. The summed E-state index contributed by atoms with van der Waals surface area (Å²) in [6.07, 6.45) is 7.69. The van der Waals surface area contributed by atoms with Gasteiger partial charge in [-0.25, -0.2) is 22.5 Å². The topological polar surface area (TPSA) is 406 Å². The fraction of sp³-hybridized carbons (Fsp3) is 0.241. The number of ether oxygens (including phenoxy) is 4. The first-order valence-electron chi connectivity index (χ1n) is 47.0. The van der Waals surface area contributed by atoms with Crippen LogP contribution in [-0.4, -0.2) is 240 Å². The number of aromatic nitrogens is 12. The number of anilines is 5. The Morgan fingerprint density at radius 1 is 0.430 bits per heavy atom. The molecule has 4 N–H and O–H groups in total. The number of nitrogen functional groups attached to an aromatic ring is 1. The van der Waals surface area contributed by atoms with Crippen LogP contribution in [0.1, 0.15) is 37.4 Å². The average Bonchev–Trinajstić information content (AvgIpc) is 1.38. The second kappa shape index (κ2) is 44.6. The maximum absolute atomic E-state index is 16.5. The summed E-state index contributed by atoms with van der Waals surface area (Å²) in [5.41, 5.74) is 11.0. The predicted octanol–water partition coefficient (Wildman–Crippen LogP) is 18.9. The lowest BCUT2D eigenvalue weighted by atomic mass is 9.95. The number of aromatic amines is 1. The number of rotatable bonds is 20. The second-order valence-corrected chi connectivity index (χ2v) is 36.6. The quantitative estimate of drug-likeness (QED) is 0.0471. The van der Waals surface area contributed by atoms with Gasteiger partial charge in [-0.2, -0.15) is 60.8 Å². The molecule has 7 aromatic heterocycles. The number of amides is 4. The first-order chi connectivity index (χ1) is 72.0. The molecule has 0 aliphatic carbocycles. The van der Waals surface area contributed by atoms with E-state index in [0.717, 1.165) is 49.1 Å². The highest BCUT2D eigenvalue weighted by atomic mass is 35.5. The Hall–Kier alpha value is -16.9. The van der Waals surface area contributed by atoms with Crippen molar-refractivity contribution in [3.8, 4) is 92.8 Å². The Bertz CT molecular complexity index is 8270. The normalized spacial score (nSPS) is 15.1. The van der Waals surface area contributed by atoms with Gasteiger partial charge in [0.15, 0.2) is 23.3 Å². The van der Waals surface area contributed by atoms with Crippen LogP contribution in [0.15, 0.2) is 190 Å². The summed E-state index contributed by atoms with van der Waals surface area (Å²) in [5.74, 6) is -1.49. The van der Waals surface area contributed by atoms with E-state index in [1.807, 2.05) is 124 Å². The molecule has 756 valence electrons. The van der Waals surface area contributed by atoms with Gasteiger partial charge in [0, 0.05) is 145 Å². The van der Waals surface area contributed by atoms with Gasteiger partial charge < -0.3 is 69.0 Å². The molecule has 20 rings (SSSR count). The number of benzene rings is 9. The monoisotopic (exact) mass is 2090 g/mol. The average molecular weight is 2090 g/mol. The van der Waals surface area contributed by atoms with Crippen molar-refractivity contribution in [3.05, 3.63) is 245 Å². The number of piperazine rings is 4. The molecule has 41 heteroatoms. The zero-order valence-electron chi connectivity index (χ0n) is 81.3. The molecule has 4 aliphatic heterocycles. The van der Waals surface area contributed by atoms with Gasteiger partial charge in [-0.3, -0.25) is 29.3 Å². The number of phenolic OH excluding ortho intramolecular Hbond substituents is 1. The standard InChI is InChI=1S/C29H26ClFN6O2.C27H23ClFN7O2.C26H23ClFN7O2.C26H22ClFN4O3/c1-4-18-14-17-8-6-7-9-20(17)26(33-18)24-22(30)15-21-27(25(24)31)34-29(39-3)35-28(21)36-12-13-37(23(38)5-2)19(16-36)10-11-32;1-3-21(37)36-11-10-35(14-16(36)8-9-30)26-18-13-19(28)22(23(29)25(18)33-27(34-26)38-2)24-17-7-5-4-6-15(17)12-20(31)32-24;1-4-20(36)35-10-9-34(13-15(35)7-8-29)25-16-11-18(27)22(23(28)24(16)31-26(32-25)37-3)21-14(2)5-6-19-17(21)12-30-33-19;1-3-21(34)31-8-10-32(11-9-31)25-19-14-20(27)22(23(28)24(19)29-26(30-25)35-2)18-13-16(33)12-15-6-4-5-7-17(15)18/h5-9,14-15,19H,2,4,10,12-13,16H2,1,3H3;3-7,12-13,16H,1,8,10-11,14H2,2H3,(H2,31,32);4-6,11-12,15H,1,7,9-10,13H2,2-3H3,(H,30,33);3-7,12-14,33H,1,8-11H2,2H3/t19-;16-;15-;/m000./s1. The summed E-state index contributed by atoms with van der Waals surface area (Å²) in [7, 11) is 5.64. The van der Waals surface area contributed by atoms with E-state index in [9.17, 15) is 40.1 Å². The lowest BCUT2D eigenvalue weighted by Crippen LogP contribution is -2.55. The van der Waals surface area contributed by atoms with Gasteiger partial charge in [0.2, 0.25) is 23.6 Å². The number of halogens is 8. The number of carbonyl (C=O) groups is 4. The van der Waals surface area contributed by atoms with Crippen molar-refractivity contribution in [2.24, 2.45) is 0 Å². The molecule has 4 aliphatic rings. The lowest BCUT2D eigenvalue weighted by Gasteiger charge is -2.41. The molecule has 3 atom stereocenters. The number of fused-ring (bicyclic) bond motifs is 8. The Balaban J connectivity index is 0.000000135. The highest BCUT2D eigenvalue weighted by Crippen LogP contribution is 2.49. The van der Waals surface area contributed by atoms with E-state index in [2.05, 4.69) is 99.6 Å². The number of aryl methyl sites for hydroxylation is 2. The number of aromatic hydroxyl groups is 1. The van der Waals surface area contributed by atoms with Crippen molar-refractivity contribution in [1.82, 2.24) is 79.6 Å². The third-order valence-electron chi connectivity index (χ3n) is 26.5. The van der Waals surface area contributed by atoms with Crippen LogP contribution in [0.3, 0.4) is 0 Å². The highest BCUT2D eigenvalue weighted by Gasteiger charge is 2.39. The molecule has 4 amide bonds. The fourth-order valence-corrected chi connectivity index (χ4v) is 20.5. The second-order valence-electron chi connectivity index (χ2n) is 35.0. The van der Waals surface area contributed by atoms with E-state index in [1.54, 1.807) is 62.2 Å². The molecule has 0 spiro atoms. The summed E-state index contributed by atoms with van der Waals surface area (Å²) in [5, 5.41) is 53.1. The Kier molecular flexibility index (Phi) is 31.0. The molecule has 0 bridgehead atoms. The number of hydrogen-bond acceptors (Lipinski definition) is 28. The van der Waals surface area contributed by atoms with E-state index in [4.69, 9.17) is 76.1 Å². The van der Waals surface area contributed by atoms with Crippen LogP contribution < -0.4 is 44.3 Å². The molecule has 0 unspecified atom stereocenters. The Morgan fingerprint density at radius 2 is 0.792 bits per heavy atom. The maximum atomic E-state index is 16.5. The SMILES string of the molecule is C=CC(=O)N1CCN(c2nc(OC)nc3c(F)c(-c4c(C)ccc5[nH]ncc45)c(Cl)cc23)C[C@@H]1CC#N.C=CC(=O)N1CCN(c2nc(OC)nc3c(F)c(-c4cc(O)cc5ccccc45)c(Cl)cc23)CC1.C=CC(=O)N1CCN(c2nc(OC)nc3c(F)c(-c4nc(CC)cc5ccccc45)c(Cl)cc23)C[C@@H]1CC#N.C=CC(=O)N1CCN(c2nc(OC)nc3c(F)c(-c4nc(N)cc5ccccc45)c(Cl)cc23)C[C@@H]1CC#N. The minimum absolute atomic E-state index is 0.000913. The third-order valence-corrected chi connectivity index (χ3v) is 27.6. The molecule has 4 saturated heterocycles. The van der Waals surface area contributed by atoms with Gasteiger partial charge in [-0.1, -0.05) is 159 Å². The van der Waals surface area contributed by atoms with E-state index in [-0.39, 0.29) is 149 Å². The number of nitrogens with zero attached hydrogens (tertiary/aromatic N) is 22. The number of nitrogens with one attached hydrogen (secondary N) is 1. The smallest absolute Gasteiger partial charge is 0.318 e. The van der Waals surface area contributed by atoms with E-state index < -0.39 is 35.4 Å². The molecule has 0 saturated carbocycles. The third kappa shape index (κ3) is 20.4. The van der Waals surface area contributed by atoms with Crippen LogP contribution in [0.4, 0.5) is 46.7 Å². The molecule has 33 nitrogen and oxygen atoms in total. The number of hydrogen-bond donors (Lipinski definition) is 3. The number of methoxy groups -OCH3 is 4. The van der Waals surface area contributed by atoms with Crippen LogP contribution in [-0.2, 0) is 25.6 Å². The molecule has 11 heterocycles. The van der Waals surface area contributed by atoms with Crippen molar-refractivity contribution in [1.29, 1.82) is 15.8 Å². The Morgan fingerprint density at radius 3 is 1.20 bits per heavy atom. The summed E-state index contributed by atoms with van der Waals surface area (Å²) >= 11 is 26.9. The van der Waals surface area contributed by atoms with E-state index in [0.29, 0.717) is 164 Å². The number of nitrogens with two attached hydrogens (primary N) is 1. The maximum Gasteiger partial charge on any atom is 0.318 e. The molecular formula is C108H94Cl4F4N24O9. The number of phenols is 1. The molecule has 0 radical (unpaired) electrons. The van der Waals surface area contributed by atoms with Crippen LogP contribution in [0.5, 0.6) is 29.8 Å². The summed E-state index contributed by atoms with van der Waals surface area (Å²) < 4.78 is 86.5. The first-order valence-corrected chi connectivity index (χ1v) is 48.5. The summed E-state index contributed by atoms with van der Waals surface area (Å²) in [4.78, 5) is 108. The van der Waals surface area contributed by atoms with Crippen molar-refractivity contribution >= 4 is 186 Å². The Labute approximate surface area is 870 Å². The van der Waals surface area contributed by atoms with Crippen molar-refractivity contribution in [2.75, 3.05) is 139 Å². The van der Waals surface area contributed by atoms with Crippen LogP contribution in [0, 0.1) is 64.2 Å². The number of nitriles is 3. The van der Waals surface area contributed by atoms with Crippen LogP contribution >= 0.6 is 46.4 Å². The van der Waals surface area contributed by atoms with Gasteiger partial charge >= 0.3 is 24.0 Å².